The Balaban J connectivity index is 5.16. The summed E-state index contributed by atoms with van der Waals surface area (Å²) in [5.41, 5.74) is 0. The zero-order valence-corrected chi connectivity index (χ0v) is 56.4. The minimum Gasteiger partial charge on any atom is -0.462 e. The molecule has 0 aliphatic rings. The average molecular weight is 1260 g/mol. The smallest absolute Gasteiger partial charge is 0.462 e. The van der Waals surface area contributed by atoms with Gasteiger partial charge in [-0.3, -0.25) is 37.3 Å². The molecule has 0 rings (SSSR count). The van der Waals surface area contributed by atoms with E-state index in [0.29, 0.717) is 25.7 Å². The Hall–Kier alpha value is -1.94. The van der Waals surface area contributed by atoms with E-state index in [-0.39, 0.29) is 25.7 Å². The monoisotopic (exact) mass is 1250 g/mol. The van der Waals surface area contributed by atoms with Crippen LogP contribution in [0.25, 0.3) is 0 Å². The molecular weight excluding hydrogens is 1130 g/mol. The lowest BCUT2D eigenvalue weighted by Crippen LogP contribution is -2.30. The van der Waals surface area contributed by atoms with E-state index in [2.05, 4.69) is 27.7 Å². The van der Waals surface area contributed by atoms with Crippen molar-refractivity contribution in [3.8, 4) is 0 Å². The normalized spacial score (nSPS) is 14.1. The van der Waals surface area contributed by atoms with Gasteiger partial charge >= 0.3 is 39.5 Å². The van der Waals surface area contributed by atoms with E-state index in [1.54, 1.807) is 0 Å². The predicted octanol–water partition coefficient (Wildman–Crippen LogP) is 18.7. The second-order valence-electron chi connectivity index (χ2n) is 23.9. The van der Waals surface area contributed by atoms with Gasteiger partial charge in [0.1, 0.15) is 19.3 Å². The summed E-state index contributed by atoms with van der Waals surface area (Å²) in [5.74, 6) is -2.14. The zero-order chi connectivity index (χ0) is 62.6. The lowest BCUT2D eigenvalue weighted by molar-refractivity contribution is -0.161. The van der Waals surface area contributed by atoms with Gasteiger partial charge in [0.25, 0.3) is 0 Å². The van der Waals surface area contributed by atoms with Gasteiger partial charge in [0.2, 0.25) is 0 Å². The molecule has 0 spiro atoms. The molecule has 3 N–H and O–H groups in total. The SMILES string of the molecule is CCCCCCCCCCCCCCCCC(=O)O[C@H](COC(=O)CCCCCCCCCCCCCCC)COP(=O)(O)OC[C@@H](O)COP(=O)(O)OC[C@@H](COC(=O)CCCCCCC)OC(=O)CCCCCCCCCCCCCCC. The maximum Gasteiger partial charge on any atom is 0.472 e. The van der Waals surface area contributed by atoms with Crippen molar-refractivity contribution in [1.29, 1.82) is 0 Å². The third-order valence-corrected chi connectivity index (χ3v) is 17.3. The Morgan fingerprint density at radius 2 is 0.471 bits per heavy atom. The first-order valence-electron chi connectivity index (χ1n) is 34.8. The van der Waals surface area contributed by atoms with E-state index in [1.165, 1.54) is 167 Å². The van der Waals surface area contributed by atoms with Crippen LogP contribution in [0.1, 0.15) is 342 Å². The highest BCUT2D eigenvalue weighted by Gasteiger charge is 2.30. The van der Waals surface area contributed by atoms with Crippen molar-refractivity contribution in [2.45, 2.75) is 361 Å². The average Bonchev–Trinajstić information content (AvgIpc) is 3.54. The number of esters is 4. The Morgan fingerprint density at radius 1 is 0.282 bits per heavy atom. The number of phosphoric ester groups is 2. The number of carbonyl (C=O) groups is 4. The van der Waals surface area contributed by atoms with Gasteiger partial charge in [-0.05, 0) is 25.7 Å². The lowest BCUT2D eigenvalue weighted by Gasteiger charge is -2.21. The highest BCUT2D eigenvalue weighted by atomic mass is 31.2. The van der Waals surface area contributed by atoms with Crippen molar-refractivity contribution in [3.63, 3.8) is 0 Å². The van der Waals surface area contributed by atoms with Gasteiger partial charge in [0.15, 0.2) is 12.2 Å². The molecule has 0 aliphatic heterocycles. The molecule has 0 radical (unpaired) electrons. The molecular formula is C66H128O17P2. The van der Waals surface area contributed by atoms with Crippen molar-refractivity contribution in [1.82, 2.24) is 0 Å². The molecule has 0 amide bonds. The Bertz CT molecular complexity index is 1640. The van der Waals surface area contributed by atoms with Crippen LogP contribution in [0.3, 0.4) is 0 Å². The summed E-state index contributed by atoms with van der Waals surface area (Å²) in [4.78, 5) is 72.1. The molecule has 5 atom stereocenters. The van der Waals surface area contributed by atoms with Crippen LogP contribution in [-0.2, 0) is 65.4 Å². The third kappa shape index (κ3) is 60.7. The molecule has 0 heterocycles. The van der Waals surface area contributed by atoms with Crippen LogP contribution in [0, 0.1) is 0 Å². The van der Waals surface area contributed by atoms with Gasteiger partial charge in [-0.25, -0.2) is 9.13 Å². The summed E-state index contributed by atoms with van der Waals surface area (Å²) in [6.45, 7) is 4.84. The molecule has 2 unspecified atom stereocenters. The van der Waals surface area contributed by atoms with E-state index in [9.17, 15) is 43.2 Å². The van der Waals surface area contributed by atoms with Gasteiger partial charge < -0.3 is 33.8 Å². The maximum absolute atomic E-state index is 13.0. The highest BCUT2D eigenvalue weighted by molar-refractivity contribution is 7.47. The van der Waals surface area contributed by atoms with Crippen LogP contribution in [0.5, 0.6) is 0 Å². The number of unbranched alkanes of at least 4 members (excludes halogenated alkanes) is 41. The van der Waals surface area contributed by atoms with Crippen molar-refractivity contribution in [2.24, 2.45) is 0 Å². The van der Waals surface area contributed by atoms with E-state index in [4.69, 9.17) is 37.0 Å². The maximum atomic E-state index is 13.0. The van der Waals surface area contributed by atoms with Crippen molar-refractivity contribution >= 4 is 39.5 Å². The van der Waals surface area contributed by atoms with Crippen LogP contribution in [0.2, 0.25) is 0 Å². The first-order chi connectivity index (χ1) is 41.2. The number of ether oxygens (including phenoxy) is 4. The molecule has 0 fully saturated rings. The molecule has 0 aromatic rings. The largest absolute Gasteiger partial charge is 0.472 e. The van der Waals surface area contributed by atoms with Crippen LogP contribution in [0.4, 0.5) is 0 Å². The summed E-state index contributed by atoms with van der Waals surface area (Å²) in [7, 11) is -9.88. The number of aliphatic hydroxyl groups excluding tert-OH is 1. The molecule has 0 saturated heterocycles. The summed E-state index contributed by atoms with van der Waals surface area (Å²) < 4.78 is 67.9. The van der Waals surface area contributed by atoms with Gasteiger partial charge in [0, 0.05) is 25.7 Å². The number of phosphoric acid groups is 2. The van der Waals surface area contributed by atoms with Crippen molar-refractivity contribution < 1.29 is 80.2 Å². The molecule has 0 aromatic heterocycles. The van der Waals surface area contributed by atoms with E-state index < -0.39 is 97.5 Å². The molecule has 17 nitrogen and oxygen atoms in total. The van der Waals surface area contributed by atoms with Crippen LogP contribution < -0.4 is 0 Å². The molecule has 19 heteroatoms. The van der Waals surface area contributed by atoms with Gasteiger partial charge in [-0.2, -0.15) is 0 Å². The Kier molecular flexibility index (Phi) is 59.6. The molecule has 504 valence electrons. The number of rotatable bonds is 67. The number of hydrogen-bond acceptors (Lipinski definition) is 15. The fourth-order valence-electron chi connectivity index (χ4n) is 9.99. The number of carbonyl (C=O) groups excluding carboxylic acids is 4. The number of aliphatic hydroxyl groups is 1. The topological polar surface area (TPSA) is 237 Å². The predicted molar refractivity (Wildman–Crippen MR) is 340 cm³/mol. The van der Waals surface area contributed by atoms with E-state index >= 15 is 0 Å². The molecule has 0 aliphatic carbocycles. The fourth-order valence-corrected chi connectivity index (χ4v) is 11.6. The third-order valence-electron chi connectivity index (χ3n) is 15.4. The van der Waals surface area contributed by atoms with Crippen LogP contribution in [-0.4, -0.2) is 96.7 Å². The highest BCUT2D eigenvalue weighted by Crippen LogP contribution is 2.45. The quantitative estimate of drug-likeness (QED) is 0.0222. The van der Waals surface area contributed by atoms with Gasteiger partial charge in [-0.15, -0.1) is 0 Å². The molecule has 85 heavy (non-hydrogen) atoms. The van der Waals surface area contributed by atoms with E-state index in [1.807, 2.05) is 0 Å². The summed E-state index contributed by atoms with van der Waals surface area (Å²) in [6.07, 6.45) is 47.4. The summed E-state index contributed by atoms with van der Waals surface area (Å²) >= 11 is 0. The Morgan fingerprint density at radius 3 is 0.694 bits per heavy atom. The van der Waals surface area contributed by atoms with Gasteiger partial charge in [0.05, 0.1) is 26.4 Å². The zero-order valence-electron chi connectivity index (χ0n) is 54.6. The molecule has 0 bridgehead atoms. The van der Waals surface area contributed by atoms with Crippen LogP contribution >= 0.6 is 15.6 Å². The second kappa shape index (κ2) is 60.9. The van der Waals surface area contributed by atoms with Gasteiger partial charge in [-0.1, -0.05) is 291 Å². The minimum absolute atomic E-state index is 0.107. The first kappa shape index (κ1) is 83.1. The van der Waals surface area contributed by atoms with Crippen LogP contribution in [0.15, 0.2) is 0 Å². The minimum atomic E-state index is -4.94. The van der Waals surface area contributed by atoms with Crippen molar-refractivity contribution in [3.05, 3.63) is 0 Å². The lowest BCUT2D eigenvalue weighted by atomic mass is 10.0. The van der Waals surface area contributed by atoms with E-state index in [0.717, 1.165) is 96.3 Å². The first-order valence-corrected chi connectivity index (χ1v) is 37.8. The number of hydrogen-bond donors (Lipinski definition) is 3. The molecule has 0 aromatic carbocycles. The second-order valence-corrected chi connectivity index (χ2v) is 26.8. The Labute approximate surface area is 517 Å². The van der Waals surface area contributed by atoms with Crippen molar-refractivity contribution in [2.75, 3.05) is 39.6 Å². The fraction of sp³-hybridized carbons (Fsp3) is 0.939. The summed E-state index contributed by atoms with van der Waals surface area (Å²) in [5, 5.41) is 10.5. The molecule has 0 saturated carbocycles. The summed E-state index contributed by atoms with van der Waals surface area (Å²) in [6, 6.07) is 0. The standard InChI is InChI=1S/C66H128O17P2/c1-5-9-13-17-20-23-26-29-32-35-38-41-45-49-53-66(71)83-62(57-77-64(69)51-47-43-39-36-33-30-27-24-21-18-14-10-6-2)59-81-85(74,75)79-55-60(67)54-78-84(72,73)80-58-61(56-76-63(68)50-46-42-16-12-8-4)82-65(70)52-48-44-40-37-34-31-28-25-22-19-15-11-7-3/h60-62,67H,5-59H2,1-4H3,(H,72,73)(H,74,75)/t60-,61+,62+/m0/s1.